The van der Waals surface area contributed by atoms with Crippen LogP contribution in [0.3, 0.4) is 0 Å². The first kappa shape index (κ1) is 16.9. The summed E-state index contributed by atoms with van der Waals surface area (Å²) in [5, 5.41) is 9.07. The maximum absolute atomic E-state index is 9.07. The van der Waals surface area contributed by atoms with Crippen molar-refractivity contribution in [1.82, 2.24) is 15.0 Å². The van der Waals surface area contributed by atoms with E-state index in [2.05, 4.69) is 39.1 Å². The zero-order valence-electron chi connectivity index (χ0n) is 15.9. The minimum Gasteiger partial charge on any atom is -0.352 e. The monoisotopic (exact) mass is 367 g/mol. The molecule has 2 aliphatic rings. The van der Waals surface area contributed by atoms with Crippen molar-refractivity contribution in [3.63, 3.8) is 0 Å². The number of aromatic nitrogens is 3. The summed E-state index contributed by atoms with van der Waals surface area (Å²) in [6.45, 7) is 3.68. The summed E-state index contributed by atoms with van der Waals surface area (Å²) >= 11 is 0. The molecule has 5 rings (SSSR count). The number of nitriles is 1. The van der Waals surface area contributed by atoms with Crippen LogP contribution < -0.4 is 4.90 Å². The zero-order chi connectivity index (χ0) is 19.1. The molecule has 1 aliphatic heterocycles. The molecule has 1 saturated carbocycles. The Labute approximate surface area is 164 Å². The molecule has 28 heavy (non-hydrogen) atoms. The molecular formula is C23H21N5. The Morgan fingerprint density at radius 2 is 1.89 bits per heavy atom. The third-order valence-electron chi connectivity index (χ3n) is 5.63. The minimum absolute atomic E-state index is 0.602. The maximum atomic E-state index is 9.07. The van der Waals surface area contributed by atoms with Crippen LogP contribution in [0.15, 0.2) is 42.9 Å². The summed E-state index contributed by atoms with van der Waals surface area (Å²) in [7, 11) is 0. The highest BCUT2D eigenvalue weighted by Crippen LogP contribution is 2.39. The van der Waals surface area contributed by atoms with E-state index in [1.54, 1.807) is 6.20 Å². The van der Waals surface area contributed by atoms with Crippen molar-refractivity contribution in [2.75, 3.05) is 11.4 Å². The van der Waals surface area contributed by atoms with Crippen LogP contribution in [0.4, 0.5) is 5.82 Å². The predicted octanol–water partition coefficient (Wildman–Crippen LogP) is 4.16. The van der Waals surface area contributed by atoms with Gasteiger partial charge in [0.05, 0.1) is 5.56 Å². The first-order valence-corrected chi connectivity index (χ1v) is 9.77. The van der Waals surface area contributed by atoms with E-state index in [1.165, 1.54) is 24.1 Å². The number of rotatable bonds is 3. The lowest BCUT2D eigenvalue weighted by atomic mass is 10.0. The van der Waals surface area contributed by atoms with Gasteiger partial charge in [0.15, 0.2) is 0 Å². The summed E-state index contributed by atoms with van der Waals surface area (Å²) in [6.07, 6.45) is 9.03. The summed E-state index contributed by atoms with van der Waals surface area (Å²) in [5.74, 6) is 1.62. The number of hydrogen-bond acceptors (Lipinski definition) is 5. The van der Waals surface area contributed by atoms with E-state index >= 15 is 0 Å². The Morgan fingerprint density at radius 1 is 1.04 bits per heavy atom. The van der Waals surface area contributed by atoms with Crippen LogP contribution in [0, 0.1) is 18.3 Å². The van der Waals surface area contributed by atoms with E-state index < -0.39 is 0 Å². The Bertz CT molecular complexity index is 1080. The lowest BCUT2D eigenvalue weighted by Crippen LogP contribution is -2.32. The van der Waals surface area contributed by atoms with E-state index in [0.29, 0.717) is 11.5 Å². The highest BCUT2D eigenvalue weighted by molar-refractivity contribution is 5.63. The van der Waals surface area contributed by atoms with Crippen molar-refractivity contribution in [3.8, 4) is 17.2 Å². The lowest BCUT2D eigenvalue weighted by molar-refractivity contribution is 0.701. The topological polar surface area (TPSA) is 65.7 Å². The molecule has 0 radical (unpaired) electrons. The second-order valence-corrected chi connectivity index (χ2v) is 7.72. The molecule has 0 amide bonds. The molecule has 138 valence electrons. The predicted molar refractivity (Wildman–Crippen MR) is 108 cm³/mol. The highest BCUT2D eigenvalue weighted by Gasteiger charge is 2.25. The normalized spacial score (nSPS) is 15.8. The molecule has 1 fully saturated rings. The van der Waals surface area contributed by atoms with Gasteiger partial charge >= 0.3 is 0 Å². The largest absolute Gasteiger partial charge is 0.352 e. The number of anilines is 1. The van der Waals surface area contributed by atoms with E-state index in [9.17, 15) is 0 Å². The first-order chi connectivity index (χ1) is 13.7. The summed E-state index contributed by atoms with van der Waals surface area (Å²) in [6, 6.07) is 10.6. The van der Waals surface area contributed by atoms with Crippen molar-refractivity contribution in [2.45, 2.75) is 38.6 Å². The van der Waals surface area contributed by atoms with Gasteiger partial charge in [-0.1, -0.05) is 6.07 Å². The van der Waals surface area contributed by atoms with Crippen LogP contribution in [-0.4, -0.2) is 21.5 Å². The lowest BCUT2D eigenvalue weighted by Gasteiger charge is -2.30. The molecule has 0 spiro atoms. The number of hydrogen-bond donors (Lipinski definition) is 0. The average molecular weight is 367 g/mol. The quantitative estimate of drug-likeness (QED) is 0.695. The molecule has 3 aromatic heterocycles. The number of pyridine rings is 3. The fourth-order valence-corrected chi connectivity index (χ4v) is 3.92. The van der Waals surface area contributed by atoms with Crippen LogP contribution in [0.2, 0.25) is 0 Å². The third-order valence-corrected chi connectivity index (χ3v) is 5.63. The fraction of sp³-hybridized carbons (Fsp3) is 0.304. The molecule has 0 aromatic carbocycles. The Morgan fingerprint density at radius 3 is 2.61 bits per heavy atom. The standard InChI is InChI=1S/C23H21N5/c1-15-8-16(10-24)11-27-23(15)28-7-6-22-20(14-28)9-19(13-26-22)18-4-5-21(25-12-18)17-2-3-17/h4-5,8-9,11-13,17H,2-3,6-7,14H2,1H3. The maximum Gasteiger partial charge on any atom is 0.131 e. The third kappa shape index (κ3) is 3.11. The van der Waals surface area contributed by atoms with E-state index in [1.807, 2.05) is 25.4 Å². The van der Waals surface area contributed by atoms with Crippen molar-refractivity contribution >= 4 is 5.82 Å². The zero-order valence-corrected chi connectivity index (χ0v) is 15.9. The number of fused-ring (bicyclic) bond motifs is 1. The second kappa shape index (κ2) is 6.72. The minimum atomic E-state index is 0.602. The van der Waals surface area contributed by atoms with Gasteiger partial charge in [0, 0.05) is 66.5 Å². The fourth-order valence-electron chi connectivity index (χ4n) is 3.92. The SMILES string of the molecule is Cc1cc(C#N)cnc1N1CCc2ncc(-c3ccc(C4CC4)nc3)cc2C1. The molecule has 1 aliphatic carbocycles. The smallest absolute Gasteiger partial charge is 0.131 e. The van der Waals surface area contributed by atoms with Crippen LogP contribution in [0.1, 0.15) is 46.8 Å². The number of aryl methyl sites for hydroxylation is 1. The van der Waals surface area contributed by atoms with Gasteiger partial charge in [0.1, 0.15) is 11.9 Å². The van der Waals surface area contributed by atoms with Gasteiger partial charge in [-0.15, -0.1) is 0 Å². The van der Waals surface area contributed by atoms with E-state index in [-0.39, 0.29) is 0 Å². The Kier molecular flexibility index (Phi) is 4.05. The molecule has 5 nitrogen and oxygen atoms in total. The van der Waals surface area contributed by atoms with Gasteiger partial charge in [0.25, 0.3) is 0 Å². The van der Waals surface area contributed by atoms with Gasteiger partial charge in [-0.05, 0) is 49.1 Å². The number of nitrogens with zero attached hydrogens (tertiary/aromatic N) is 5. The molecule has 0 N–H and O–H groups in total. The van der Waals surface area contributed by atoms with Crippen LogP contribution in [-0.2, 0) is 13.0 Å². The summed E-state index contributed by atoms with van der Waals surface area (Å²) < 4.78 is 0. The van der Waals surface area contributed by atoms with Gasteiger partial charge in [0.2, 0.25) is 0 Å². The molecule has 4 heterocycles. The average Bonchev–Trinajstić information content (AvgIpc) is 3.58. The molecule has 0 bridgehead atoms. The van der Waals surface area contributed by atoms with Crippen molar-refractivity contribution in [2.24, 2.45) is 0 Å². The Balaban J connectivity index is 1.42. The highest BCUT2D eigenvalue weighted by atomic mass is 15.2. The van der Waals surface area contributed by atoms with Gasteiger partial charge in [-0.3, -0.25) is 9.97 Å². The van der Waals surface area contributed by atoms with Crippen molar-refractivity contribution in [1.29, 1.82) is 5.26 Å². The van der Waals surface area contributed by atoms with Gasteiger partial charge in [-0.25, -0.2) is 4.98 Å². The van der Waals surface area contributed by atoms with E-state index in [0.717, 1.165) is 47.7 Å². The summed E-state index contributed by atoms with van der Waals surface area (Å²) in [4.78, 5) is 16.2. The van der Waals surface area contributed by atoms with Crippen molar-refractivity contribution < 1.29 is 0 Å². The molecule has 3 aromatic rings. The summed E-state index contributed by atoms with van der Waals surface area (Å²) in [5.41, 5.74) is 7.47. The molecule has 0 atom stereocenters. The first-order valence-electron chi connectivity index (χ1n) is 9.77. The molecular weight excluding hydrogens is 346 g/mol. The Hall–Kier alpha value is -3.26. The van der Waals surface area contributed by atoms with Gasteiger partial charge in [-0.2, -0.15) is 5.26 Å². The molecule has 0 saturated heterocycles. The second-order valence-electron chi connectivity index (χ2n) is 7.72. The van der Waals surface area contributed by atoms with Crippen LogP contribution in [0.25, 0.3) is 11.1 Å². The van der Waals surface area contributed by atoms with Crippen molar-refractivity contribution in [3.05, 3.63) is 70.9 Å². The van der Waals surface area contributed by atoms with Crippen LogP contribution in [0.5, 0.6) is 0 Å². The molecule has 5 heteroatoms. The van der Waals surface area contributed by atoms with Gasteiger partial charge < -0.3 is 4.90 Å². The molecule has 0 unspecified atom stereocenters. The van der Waals surface area contributed by atoms with E-state index in [4.69, 9.17) is 10.2 Å². The van der Waals surface area contributed by atoms with Crippen LogP contribution >= 0.6 is 0 Å².